The van der Waals surface area contributed by atoms with Crippen LogP contribution in [0.3, 0.4) is 0 Å². The SMILES string of the molecule is O=C(NC1CCCCC1C(=O)O)c1ccc(Br)cc1O. The summed E-state index contributed by atoms with van der Waals surface area (Å²) in [6.45, 7) is 0. The Morgan fingerprint density at radius 3 is 2.60 bits per heavy atom. The number of carboxylic acid groups (broad SMARTS) is 1. The van der Waals surface area contributed by atoms with Crippen LogP contribution < -0.4 is 5.32 Å². The normalized spacial score (nSPS) is 22.2. The smallest absolute Gasteiger partial charge is 0.308 e. The molecule has 1 aromatic carbocycles. The van der Waals surface area contributed by atoms with Crippen molar-refractivity contribution >= 4 is 27.8 Å². The number of amides is 1. The van der Waals surface area contributed by atoms with E-state index < -0.39 is 17.8 Å². The van der Waals surface area contributed by atoms with Gasteiger partial charge >= 0.3 is 5.97 Å². The predicted molar refractivity (Wildman–Crippen MR) is 76.7 cm³/mol. The number of aromatic hydroxyl groups is 1. The van der Waals surface area contributed by atoms with E-state index >= 15 is 0 Å². The van der Waals surface area contributed by atoms with Gasteiger partial charge in [-0.05, 0) is 31.0 Å². The molecule has 1 aromatic rings. The Morgan fingerprint density at radius 1 is 1.25 bits per heavy atom. The van der Waals surface area contributed by atoms with Crippen molar-refractivity contribution in [2.45, 2.75) is 31.7 Å². The lowest BCUT2D eigenvalue weighted by Gasteiger charge is -2.29. The van der Waals surface area contributed by atoms with E-state index in [9.17, 15) is 19.8 Å². The van der Waals surface area contributed by atoms with Crippen LogP contribution >= 0.6 is 15.9 Å². The molecule has 0 aromatic heterocycles. The molecule has 2 unspecified atom stereocenters. The van der Waals surface area contributed by atoms with Gasteiger partial charge in [0.05, 0.1) is 11.5 Å². The van der Waals surface area contributed by atoms with E-state index in [4.69, 9.17) is 0 Å². The third-order valence-corrected chi connectivity index (χ3v) is 4.10. The molecule has 1 fully saturated rings. The van der Waals surface area contributed by atoms with Crippen molar-refractivity contribution in [1.82, 2.24) is 5.32 Å². The fraction of sp³-hybridized carbons (Fsp3) is 0.429. The highest BCUT2D eigenvalue weighted by Gasteiger charge is 2.32. The van der Waals surface area contributed by atoms with Crippen molar-refractivity contribution < 1.29 is 19.8 Å². The lowest BCUT2D eigenvalue weighted by atomic mass is 9.84. The number of hydrogen-bond donors (Lipinski definition) is 3. The number of carboxylic acids is 1. The van der Waals surface area contributed by atoms with Crippen molar-refractivity contribution in [2.75, 3.05) is 0 Å². The molecular formula is C14H16BrNO4. The third kappa shape index (κ3) is 3.30. The molecule has 3 N–H and O–H groups in total. The molecule has 2 rings (SSSR count). The van der Waals surface area contributed by atoms with Crippen molar-refractivity contribution in [3.05, 3.63) is 28.2 Å². The van der Waals surface area contributed by atoms with Crippen LogP contribution in [0.25, 0.3) is 0 Å². The summed E-state index contributed by atoms with van der Waals surface area (Å²) in [6.07, 6.45) is 3.00. The van der Waals surface area contributed by atoms with Gasteiger partial charge in [-0.3, -0.25) is 9.59 Å². The Kier molecular flexibility index (Phi) is 4.65. The van der Waals surface area contributed by atoms with Gasteiger partial charge in [0, 0.05) is 10.5 Å². The summed E-state index contributed by atoms with van der Waals surface area (Å²) in [5.74, 6) is -1.99. The molecule has 0 radical (unpaired) electrons. The summed E-state index contributed by atoms with van der Waals surface area (Å²) >= 11 is 3.20. The van der Waals surface area contributed by atoms with Crippen LogP contribution in [0.2, 0.25) is 0 Å². The highest BCUT2D eigenvalue weighted by Crippen LogP contribution is 2.26. The largest absolute Gasteiger partial charge is 0.507 e. The first-order chi connectivity index (χ1) is 9.49. The first-order valence-corrected chi connectivity index (χ1v) is 7.30. The van der Waals surface area contributed by atoms with Crippen LogP contribution in [-0.4, -0.2) is 28.1 Å². The summed E-state index contributed by atoms with van der Waals surface area (Å²) in [6, 6.07) is 4.22. The minimum Gasteiger partial charge on any atom is -0.507 e. The molecule has 0 bridgehead atoms. The fourth-order valence-electron chi connectivity index (χ4n) is 2.54. The molecule has 0 saturated heterocycles. The van der Waals surface area contributed by atoms with Gasteiger partial charge in [0.1, 0.15) is 5.75 Å². The molecule has 0 heterocycles. The number of carbonyl (C=O) groups excluding carboxylic acids is 1. The maximum atomic E-state index is 12.1. The van der Waals surface area contributed by atoms with Crippen LogP contribution in [0, 0.1) is 5.92 Å². The van der Waals surface area contributed by atoms with Crippen LogP contribution in [0.15, 0.2) is 22.7 Å². The summed E-state index contributed by atoms with van der Waals surface area (Å²) in [5, 5.41) is 21.7. The minimum absolute atomic E-state index is 0.125. The quantitative estimate of drug-likeness (QED) is 0.788. The van der Waals surface area contributed by atoms with E-state index in [1.165, 1.54) is 12.1 Å². The summed E-state index contributed by atoms with van der Waals surface area (Å²) < 4.78 is 0.674. The Labute approximate surface area is 125 Å². The highest BCUT2D eigenvalue weighted by atomic mass is 79.9. The van der Waals surface area contributed by atoms with Crippen LogP contribution in [0.1, 0.15) is 36.0 Å². The number of phenolic OH excluding ortho intramolecular Hbond substituents is 1. The topological polar surface area (TPSA) is 86.6 Å². The number of benzene rings is 1. The van der Waals surface area contributed by atoms with E-state index in [1.807, 2.05) is 0 Å². The van der Waals surface area contributed by atoms with Crippen molar-refractivity contribution in [3.63, 3.8) is 0 Å². The molecule has 1 aliphatic rings. The molecule has 5 nitrogen and oxygen atoms in total. The van der Waals surface area contributed by atoms with E-state index in [2.05, 4.69) is 21.2 Å². The zero-order chi connectivity index (χ0) is 14.7. The number of aliphatic carboxylic acids is 1. The van der Waals surface area contributed by atoms with Crippen molar-refractivity contribution in [1.29, 1.82) is 0 Å². The average Bonchev–Trinajstić information content (AvgIpc) is 2.38. The maximum absolute atomic E-state index is 12.1. The number of hydrogen-bond acceptors (Lipinski definition) is 3. The fourth-order valence-corrected chi connectivity index (χ4v) is 2.89. The van der Waals surface area contributed by atoms with Gasteiger partial charge < -0.3 is 15.5 Å². The van der Waals surface area contributed by atoms with Crippen LogP contribution in [-0.2, 0) is 4.79 Å². The molecular weight excluding hydrogens is 326 g/mol. The molecule has 1 saturated carbocycles. The van der Waals surface area contributed by atoms with E-state index in [0.29, 0.717) is 17.3 Å². The monoisotopic (exact) mass is 341 g/mol. The van der Waals surface area contributed by atoms with Gasteiger partial charge in [-0.2, -0.15) is 0 Å². The van der Waals surface area contributed by atoms with Gasteiger partial charge in [-0.15, -0.1) is 0 Å². The number of rotatable bonds is 3. The molecule has 0 aliphatic heterocycles. The second kappa shape index (κ2) is 6.26. The van der Waals surface area contributed by atoms with Crippen LogP contribution in [0.4, 0.5) is 0 Å². The van der Waals surface area contributed by atoms with E-state index in [1.54, 1.807) is 6.07 Å². The van der Waals surface area contributed by atoms with Crippen molar-refractivity contribution in [2.24, 2.45) is 5.92 Å². The number of halogens is 1. The Balaban J connectivity index is 2.11. The Morgan fingerprint density at radius 2 is 1.95 bits per heavy atom. The molecule has 0 spiro atoms. The number of phenols is 1. The highest BCUT2D eigenvalue weighted by molar-refractivity contribution is 9.10. The van der Waals surface area contributed by atoms with Gasteiger partial charge in [0.15, 0.2) is 0 Å². The Hall–Kier alpha value is -1.56. The van der Waals surface area contributed by atoms with Gasteiger partial charge in [-0.1, -0.05) is 28.8 Å². The van der Waals surface area contributed by atoms with Gasteiger partial charge in [-0.25, -0.2) is 0 Å². The first-order valence-electron chi connectivity index (χ1n) is 6.51. The molecule has 108 valence electrons. The molecule has 6 heteroatoms. The van der Waals surface area contributed by atoms with E-state index in [-0.39, 0.29) is 17.4 Å². The first kappa shape index (κ1) is 14.8. The Bertz CT molecular complexity index is 532. The predicted octanol–water partition coefficient (Wildman–Crippen LogP) is 2.53. The minimum atomic E-state index is -0.880. The maximum Gasteiger partial charge on any atom is 0.308 e. The molecule has 20 heavy (non-hydrogen) atoms. The van der Waals surface area contributed by atoms with E-state index in [0.717, 1.165) is 12.8 Å². The number of carbonyl (C=O) groups is 2. The zero-order valence-electron chi connectivity index (χ0n) is 10.8. The summed E-state index contributed by atoms with van der Waals surface area (Å²) in [5.41, 5.74) is 0.155. The van der Waals surface area contributed by atoms with Crippen molar-refractivity contribution in [3.8, 4) is 5.75 Å². The molecule has 1 amide bonds. The van der Waals surface area contributed by atoms with Gasteiger partial charge in [0.25, 0.3) is 5.91 Å². The summed E-state index contributed by atoms with van der Waals surface area (Å²) in [7, 11) is 0. The summed E-state index contributed by atoms with van der Waals surface area (Å²) in [4.78, 5) is 23.3. The lowest BCUT2D eigenvalue weighted by Crippen LogP contribution is -2.45. The zero-order valence-corrected chi connectivity index (χ0v) is 12.4. The molecule has 2 atom stereocenters. The van der Waals surface area contributed by atoms with Crippen LogP contribution in [0.5, 0.6) is 5.75 Å². The second-order valence-corrected chi connectivity index (χ2v) is 5.89. The lowest BCUT2D eigenvalue weighted by molar-refractivity contribution is -0.143. The number of nitrogens with one attached hydrogen (secondary N) is 1. The third-order valence-electron chi connectivity index (χ3n) is 3.60. The average molecular weight is 342 g/mol. The standard InChI is InChI=1S/C14H16BrNO4/c15-8-5-6-10(12(17)7-8)13(18)16-11-4-2-1-3-9(11)14(19)20/h5-7,9,11,17H,1-4H2,(H,16,18)(H,19,20). The second-order valence-electron chi connectivity index (χ2n) is 4.97. The molecule has 1 aliphatic carbocycles. The van der Waals surface area contributed by atoms with Gasteiger partial charge in [0.2, 0.25) is 0 Å².